The van der Waals surface area contributed by atoms with Crippen molar-refractivity contribution < 1.29 is 0 Å². The van der Waals surface area contributed by atoms with Gasteiger partial charge in [0.25, 0.3) is 0 Å². The van der Waals surface area contributed by atoms with Crippen molar-refractivity contribution >= 4 is 23.1 Å². The summed E-state index contributed by atoms with van der Waals surface area (Å²) in [5.74, 6) is 0.416. The monoisotopic (exact) mass is 305 g/mol. The molecule has 4 N–H and O–H groups in total. The summed E-state index contributed by atoms with van der Waals surface area (Å²) in [5, 5.41) is 0.722. The minimum absolute atomic E-state index is 0.416. The Balaban J connectivity index is 1.81. The van der Waals surface area contributed by atoms with Crippen LogP contribution in [0.4, 0.5) is 11.4 Å². The highest BCUT2D eigenvalue weighted by atomic mass is 32.2. The molecule has 2 fully saturated rings. The van der Waals surface area contributed by atoms with Gasteiger partial charge in [-0.05, 0) is 56.3 Å². The molecule has 0 aliphatic carbocycles. The van der Waals surface area contributed by atoms with Gasteiger partial charge in [0.15, 0.2) is 0 Å². The molecule has 21 heavy (non-hydrogen) atoms. The van der Waals surface area contributed by atoms with E-state index in [4.69, 9.17) is 11.5 Å². The van der Waals surface area contributed by atoms with Crippen LogP contribution in [0.2, 0.25) is 0 Å². The Labute approximate surface area is 132 Å². The topological polar surface area (TPSA) is 55.3 Å². The van der Waals surface area contributed by atoms with E-state index in [1.54, 1.807) is 0 Å². The summed E-state index contributed by atoms with van der Waals surface area (Å²) in [7, 11) is 2.30. The Kier molecular flexibility index (Phi) is 4.10. The van der Waals surface area contributed by atoms with Gasteiger partial charge in [-0.2, -0.15) is 0 Å². The van der Waals surface area contributed by atoms with Gasteiger partial charge < -0.3 is 16.4 Å². The molecular weight excluding hydrogens is 278 g/mol. The van der Waals surface area contributed by atoms with Crippen molar-refractivity contribution in [2.45, 2.75) is 67.7 Å². The van der Waals surface area contributed by atoms with Gasteiger partial charge in [0, 0.05) is 22.2 Å². The summed E-state index contributed by atoms with van der Waals surface area (Å²) in [6.45, 7) is 4.40. The van der Waals surface area contributed by atoms with Crippen molar-refractivity contribution in [2.75, 3.05) is 18.5 Å². The lowest BCUT2D eigenvalue weighted by Crippen LogP contribution is -2.40. The first-order chi connectivity index (χ1) is 9.97. The van der Waals surface area contributed by atoms with Crippen molar-refractivity contribution in [2.24, 2.45) is 0 Å². The van der Waals surface area contributed by atoms with Gasteiger partial charge in [-0.1, -0.05) is 13.8 Å². The molecule has 2 bridgehead atoms. The molecule has 3 nitrogen and oxygen atoms in total. The standard InChI is InChI=1S/C17H27N3S/c1-10(2)16-15(7-6-14(18)17(16)19)21-13-8-11-4-5-12(9-13)20(11)3/h6-7,10-13H,4-5,8-9,18-19H2,1-3H3. The fourth-order valence-corrected chi connectivity index (χ4v) is 5.58. The van der Waals surface area contributed by atoms with Crippen LogP contribution in [0, 0.1) is 0 Å². The van der Waals surface area contributed by atoms with E-state index in [9.17, 15) is 0 Å². The molecule has 2 atom stereocenters. The average molecular weight is 305 g/mol. The van der Waals surface area contributed by atoms with Crippen LogP contribution in [0.25, 0.3) is 0 Å². The van der Waals surface area contributed by atoms with Crippen LogP contribution in [-0.2, 0) is 0 Å². The van der Waals surface area contributed by atoms with Crippen LogP contribution in [-0.4, -0.2) is 29.3 Å². The zero-order valence-electron chi connectivity index (χ0n) is 13.3. The number of nitrogens with two attached hydrogens (primary N) is 2. The molecule has 0 spiro atoms. The SMILES string of the molecule is CC(C)c1c(SC2CC3CCC(C2)N3C)ccc(N)c1N. The smallest absolute Gasteiger partial charge is 0.0594 e. The predicted octanol–water partition coefficient (Wildman–Crippen LogP) is 3.69. The number of hydrogen-bond donors (Lipinski definition) is 2. The third kappa shape index (κ3) is 2.76. The van der Waals surface area contributed by atoms with Crippen molar-refractivity contribution in [3.05, 3.63) is 17.7 Å². The Morgan fingerprint density at radius 1 is 1.14 bits per heavy atom. The second-order valence-corrected chi connectivity index (χ2v) is 8.24. The van der Waals surface area contributed by atoms with E-state index in [1.807, 2.05) is 17.8 Å². The first kappa shape index (κ1) is 15.0. The highest BCUT2D eigenvalue weighted by Crippen LogP contribution is 2.44. The van der Waals surface area contributed by atoms with Gasteiger partial charge in [-0.25, -0.2) is 0 Å². The maximum atomic E-state index is 6.23. The highest BCUT2D eigenvalue weighted by molar-refractivity contribution is 8.00. The number of benzene rings is 1. The minimum Gasteiger partial charge on any atom is -0.397 e. The van der Waals surface area contributed by atoms with Crippen LogP contribution in [0.5, 0.6) is 0 Å². The second-order valence-electron chi connectivity index (χ2n) is 6.90. The van der Waals surface area contributed by atoms with Crippen LogP contribution < -0.4 is 11.5 Å². The molecule has 0 aromatic heterocycles. The lowest BCUT2D eigenvalue weighted by molar-refractivity contribution is 0.183. The molecule has 3 rings (SSSR count). The zero-order chi connectivity index (χ0) is 15.1. The molecular formula is C17H27N3S. The van der Waals surface area contributed by atoms with E-state index >= 15 is 0 Å². The third-order valence-electron chi connectivity index (χ3n) is 5.21. The number of nitrogen functional groups attached to an aromatic ring is 2. The number of thioether (sulfide) groups is 1. The molecule has 116 valence electrons. The van der Waals surface area contributed by atoms with Crippen LogP contribution in [0.15, 0.2) is 17.0 Å². The van der Waals surface area contributed by atoms with Gasteiger partial charge in [0.2, 0.25) is 0 Å². The quantitative estimate of drug-likeness (QED) is 0.836. The number of hydrogen-bond acceptors (Lipinski definition) is 4. The molecule has 0 saturated carbocycles. The van der Waals surface area contributed by atoms with Crippen LogP contribution in [0.1, 0.15) is 51.0 Å². The second kappa shape index (κ2) is 5.73. The third-order valence-corrected chi connectivity index (χ3v) is 6.54. The van der Waals surface area contributed by atoms with E-state index in [2.05, 4.69) is 31.9 Å². The van der Waals surface area contributed by atoms with Gasteiger partial charge in [0.1, 0.15) is 0 Å². The first-order valence-electron chi connectivity index (χ1n) is 8.03. The van der Waals surface area contributed by atoms with Gasteiger partial charge >= 0.3 is 0 Å². The number of piperidine rings is 1. The van der Waals surface area contributed by atoms with Gasteiger partial charge in [0.05, 0.1) is 11.4 Å². The molecule has 2 saturated heterocycles. The molecule has 0 amide bonds. The van der Waals surface area contributed by atoms with Gasteiger partial charge in [-0.3, -0.25) is 0 Å². The van der Waals surface area contributed by atoms with E-state index < -0.39 is 0 Å². The largest absolute Gasteiger partial charge is 0.397 e. The molecule has 2 aliphatic heterocycles. The van der Waals surface area contributed by atoms with Crippen molar-refractivity contribution in [1.82, 2.24) is 4.90 Å². The Morgan fingerprint density at radius 2 is 1.76 bits per heavy atom. The molecule has 4 heteroatoms. The molecule has 0 radical (unpaired) electrons. The summed E-state index contributed by atoms with van der Waals surface area (Å²) in [6.07, 6.45) is 5.36. The lowest BCUT2D eigenvalue weighted by Gasteiger charge is -2.36. The fraction of sp³-hybridized carbons (Fsp3) is 0.647. The van der Waals surface area contributed by atoms with Crippen molar-refractivity contribution in [3.8, 4) is 0 Å². The van der Waals surface area contributed by atoms with E-state index in [0.29, 0.717) is 11.6 Å². The molecule has 1 aromatic carbocycles. The number of rotatable bonds is 3. The minimum atomic E-state index is 0.416. The van der Waals surface area contributed by atoms with Crippen molar-refractivity contribution in [3.63, 3.8) is 0 Å². The molecule has 2 heterocycles. The molecule has 1 aromatic rings. The fourth-order valence-electron chi connectivity index (χ4n) is 3.97. The maximum absolute atomic E-state index is 6.23. The molecule has 2 aliphatic rings. The Morgan fingerprint density at radius 3 is 2.33 bits per heavy atom. The summed E-state index contributed by atoms with van der Waals surface area (Å²) >= 11 is 2.03. The number of anilines is 2. The normalized spacial score (nSPS) is 29.2. The summed E-state index contributed by atoms with van der Waals surface area (Å²) in [6, 6.07) is 5.71. The summed E-state index contributed by atoms with van der Waals surface area (Å²) in [5.41, 5.74) is 15.0. The first-order valence-corrected chi connectivity index (χ1v) is 8.91. The van der Waals surface area contributed by atoms with Crippen molar-refractivity contribution in [1.29, 1.82) is 0 Å². The zero-order valence-corrected chi connectivity index (χ0v) is 14.1. The van der Waals surface area contributed by atoms with Crippen LogP contribution in [0.3, 0.4) is 0 Å². The van der Waals surface area contributed by atoms with E-state index in [1.165, 1.54) is 36.1 Å². The average Bonchev–Trinajstić information content (AvgIpc) is 2.64. The number of nitrogens with zero attached hydrogens (tertiary/aromatic N) is 1. The van der Waals surface area contributed by atoms with Gasteiger partial charge in [-0.15, -0.1) is 11.8 Å². The summed E-state index contributed by atoms with van der Waals surface area (Å²) in [4.78, 5) is 3.93. The predicted molar refractivity (Wildman–Crippen MR) is 92.8 cm³/mol. The molecule has 2 unspecified atom stereocenters. The maximum Gasteiger partial charge on any atom is 0.0594 e. The summed E-state index contributed by atoms with van der Waals surface area (Å²) < 4.78 is 0. The highest BCUT2D eigenvalue weighted by Gasteiger charge is 2.38. The Hall–Kier alpha value is -0.870. The van der Waals surface area contributed by atoms with Crippen LogP contribution >= 0.6 is 11.8 Å². The van der Waals surface area contributed by atoms with E-state index in [-0.39, 0.29) is 0 Å². The Bertz CT molecular complexity index is 515. The number of fused-ring (bicyclic) bond motifs is 2. The lowest BCUT2D eigenvalue weighted by atomic mass is 10.0. The van der Waals surface area contributed by atoms with E-state index in [0.717, 1.165) is 23.0 Å².